The van der Waals surface area contributed by atoms with E-state index in [1.165, 1.54) is 14.0 Å². The number of benzene rings is 1. The molecule has 1 unspecified atom stereocenters. The number of hydrogen-bond donors (Lipinski definition) is 1. The number of methoxy groups -OCH3 is 1. The fourth-order valence-electron chi connectivity index (χ4n) is 1.48. The highest BCUT2D eigenvalue weighted by molar-refractivity contribution is 5.67. The Hall–Kier alpha value is -1.58. The number of carboxylic acid groups (broad SMARTS) is 1. The van der Waals surface area contributed by atoms with Crippen LogP contribution in [0.1, 0.15) is 30.6 Å². The third-order valence-corrected chi connectivity index (χ3v) is 2.37. The zero-order valence-corrected chi connectivity index (χ0v) is 9.37. The molecule has 0 aliphatic rings. The fourth-order valence-corrected chi connectivity index (χ4v) is 1.48. The van der Waals surface area contributed by atoms with Gasteiger partial charge in [-0.3, -0.25) is 4.79 Å². The first kappa shape index (κ1) is 12.5. The molecule has 0 saturated heterocycles. The summed E-state index contributed by atoms with van der Waals surface area (Å²) in [6.07, 6.45) is -0.700. The zero-order valence-electron chi connectivity index (χ0n) is 9.37. The molecule has 0 amide bonds. The van der Waals surface area contributed by atoms with Crippen molar-refractivity contribution in [2.24, 2.45) is 0 Å². The minimum Gasteiger partial charge on any atom is -0.496 e. The van der Waals surface area contributed by atoms with Gasteiger partial charge >= 0.3 is 5.97 Å². The largest absolute Gasteiger partial charge is 0.496 e. The van der Waals surface area contributed by atoms with Crippen LogP contribution in [0.3, 0.4) is 0 Å². The summed E-state index contributed by atoms with van der Waals surface area (Å²) in [6, 6.07) is 4.98. The molecule has 16 heavy (non-hydrogen) atoms. The molecule has 0 spiro atoms. The predicted octanol–water partition coefficient (Wildman–Crippen LogP) is 2.74. The Kier molecular flexibility index (Phi) is 4.28. The zero-order chi connectivity index (χ0) is 12.1. The molecule has 1 aromatic carbocycles. The Bertz CT molecular complexity index is 375. The second-order valence-electron chi connectivity index (χ2n) is 3.58. The van der Waals surface area contributed by atoms with Crippen LogP contribution >= 0.6 is 0 Å². The molecule has 0 aliphatic carbocycles. The van der Waals surface area contributed by atoms with E-state index in [1.54, 1.807) is 18.2 Å². The van der Waals surface area contributed by atoms with E-state index in [2.05, 4.69) is 0 Å². The third-order valence-electron chi connectivity index (χ3n) is 2.37. The van der Waals surface area contributed by atoms with Gasteiger partial charge in [0, 0.05) is 6.42 Å². The maximum atomic E-state index is 13.1. The van der Waals surface area contributed by atoms with Crippen molar-refractivity contribution in [1.82, 2.24) is 0 Å². The van der Waals surface area contributed by atoms with Gasteiger partial charge in [-0.15, -0.1) is 0 Å². The van der Waals surface area contributed by atoms with Crippen molar-refractivity contribution in [2.45, 2.75) is 25.9 Å². The summed E-state index contributed by atoms with van der Waals surface area (Å²) in [5, 5.41) is 8.60. The SMILES string of the molecule is COc1ccc(C(C)F)cc1CCC(=O)O. The minimum absolute atomic E-state index is 0.0144. The fraction of sp³-hybridized carbons (Fsp3) is 0.417. The topological polar surface area (TPSA) is 46.5 Å². The number of ether oxygens (including phenoxy) is 1. The van der Waals surface area contributed by atoms with E-state index in [0.717, 1.165) is 5.56 Å². The van der Waals surface area contributed by atoms with Crippen LogP contribution in [0.25, 0.3) is 0 Å². The number of halogens is 1. The predicted molar refractivity (Wildman–Crippen MR) is 58.5 cm³/mol. The maximum absolute atomic E-state index is 13.1. The maximum Gasteiger partial charge on any atom is 0.303 e. The molecule has 88 valence electrons. The number of aliphatic carboxylic acids is 1. The van der Waals surface area contributed by atoms with E-state index >= 15 is 0 Å². The number of rotatable bonds is 5. The Labute approximate surface area is 93.9 Å². The second-order valence-corrected chi connectivity index (χ2v) is 3.58. The summed E-state index contributed by atoms with van der Waals surface area (Å²) in [7, 11) is 1.51. The Morgan fingerprint density at radius 1 is 1.56 bits per heavy atom. The summed E-state index contributed by atoms with van der Waals surface area (Å²) < 4.78 is 18.2. The molecule has 0 saturated carbocycles. The summed E-state index contributed by atoms with van der Waals surface area (Å²) in [5.74, 6) is -0.272. The van der Waals surface area contributed by atoms with E-state index in [9.17, 15) is 9.18 Å². The van der Waals surface area contributed by atoms with Gasteiger partial charge in [0.1, 0.15) is 11.9 Å². The molecule has 0 radical (unpaired) electrons. The highest BCUT2D eigenvalue weighted by Gasteiger charge is 2.09. The van der Waals surface area contributed by atoms with Gasteiger partial charge in [0.25, 0.3) is 0 Å². The van der Waals surface area contributed by atoms with Gasteiger partial charge < -0.3 is 9.84 Å². The van der Waals surface area contributed by atoms with E-state index < -0.39 is 12.1 Å². The van der Waals surface area contributed by atoms with E-state index in [-0.39, 0.29) is 6.42 Å². The Morgan fingerprint density at radius 2 is 2.25 bits per heavy atom. The molecule has 1 aromatic rings. The molecule has 0 fully saturated rings. The highest BCUT2D eigenvalue weighted by atomic mass is 19.1. The van der Waals surface area contributed by atoms with Crippen LogP contribution in [0, 0.1) is 0 Å². The normalized spacial score (nSPS) is 12.2. The van der Waals surface area contributed by atoms with E-state index in [4.69, 9.17) is 9.84 Å². The van der Waals surface area contributed by atoms with Crippen molar-refractivity contribution in [1.29, 1.82) is 0 Å². The molecule has 0 aliphatic heterocycles. The van der Waals surface area contributed by atoms with Crippen molar-refractivity contribution in [3.63, 3.8) is 0 Å². The lowest BCUT2D eigenvalue weighted by molar-refractivity contribution is -0.136. The smallest absolute Gasteiger partial charge is 0.303 e. The van der Waals surface area contributed by atoms with E-state index in [0.29, 0.717) is 17.7 Å². The number of aryl methyl sites for hydroxylation is 1. The van der Waals surface area contributed by atoms with Crippen molar-refractivity contribution < 1.29 is 19.0 Å². The third kappa shape index (κ3) is 3.22. The van der Waals surface area contributed by atoms with Crippen LogP contribution in [-0.2, 0) is 11.2 Å². The molecule has 0 aromatic heterocycles. The summed E-state index contributed by atoms with van der Waals surface area (Å²) in [4.78, 5) is 10.5. The van der Waals surface area contributed by atoms with Crippen LogP contribution in [0.2, 0.25) is 0 Å². The number of alkyl halides is 1. The Balaban J connectivity index is 2.92. The quantitative estimate of drug-likeness (QED) is 0.839. The summed E-state index contributed by atoms with van der Waals surface area (Å²) in [5.41, 5.74) is 1.27. The molecule has 1 rings (SSSR count). The Morgan fingerprint density at radius 3 is 2.75 bits per heavy atom. The van der Waals surface area contributed by atoms with Crippen molar-refractivity contribution in [2.75, 3.05) is 7.11 Å². The first-order valence-electron chi connectivity index (χ1n) is 5.07. The average molecular weight is 226 g/mol. The molecule has 1 atom stereocenters. The van der Waals surface area contributed by atoms with Crippen LogP contribution in [0.5, 0.6) is 5.75 Å². The number of hydrogen-bond acceptors (Lipinski definition) is 2. The van der Waals surface area contributed by atoms with Crippen molar-refractivity contribution in [3.8, 4) is 5.75 Å². The van der Waals surface area contributed by atoms with Gasteiger partial charge in [0.05, 0.1) is 7.11 Å². The molecular weight excluding hydrogens is 211 g/mol. The van der Waals surface area contributed by atoms with Crippen molar-refractivity contribution >= 4 is 5.97 Å². The average Bonchev–Trinajstić information content (AvgIpc) is 2.25. The molecule has 1 N–H and O–H groups in total. The molecule has 4 heteroatoms. The van der Waals surface area contributed by atoms with E-state index in [1.807, 2.05) is 0 Å². The first-order valence-corrected chi connectivity index (χ1v) is 5.07. The molecule has 0 bridgehead atoms. The lowest BCUT2D eigenvalue weighted by atomic mass is 10.0. The van der Waals surface area contributed by atoms with Crippen LogP contribution < -0.4 is 4.74 Å². The highest BCUT2D eigenvalue weighted by Crippen LogP contribution is 2.25. The van der Waals surface area contributed by atoms with Crippen LogP contribution in [0.15, 0.2) is 18.2 Å². The summed E-state index contributed by atoms with van der Waals surface area (Å²) in [6.45, 7) is 1.45. The number of carboxylic acids is 1. The monoisotopic (exact) mass is 226 g/mol. The standard InChI is InChI=1S/C12H15FO3/c1-8(13)9-3-5-11(16-2)10(7-9)4-6-12(14)15/h3,5,7-8H,4,6H2,1-2H3,(H,14,15). The molecule has 0 heterocycles. The summed E-state index contributed by atoms with van der Waals surface area (Å²) >= 11 is 0. The molecular formula is C12H15FO3. The lowest BCUT2D eigenvalue weighted by Crippen LogP contribution is -2.00. The van der Waals surface area contributed by atoms with Crippen LogP contribution in [0.4, 0.5) is 4.39 Å². The van der Waals surface area contributed by atoms with Gasteiger partial charge in [0.2, 0.25) is 0 Å². The number of carbonyl (C=O) groups is 1. The second kappa shape index (κ2) is 5.49. The van der Waals surface area contributed by atoms with Gasteiger partial charge in [-0.05, 0) is 36.6 Å². The van der Waals surface area contributed by atoms with Crippen LogP contribution in [-0.4, -0.2) is 18.2 Å². The molecule has 3 nitrogen and oxygen atoms in total. The van der Waals surface area contributed by atoms with Gasteiger partial charge in [-0.2, -0.15) is 0 Å². The first-order chi connectivity index (χ1) is 7.54. The van der Waals surface area contributed by atoms with Gasteiger partial charge in [-0.25, -0.2) is 4.39 Å². The lowest BCUT2D eigenvalue weighted by Gasteiger charge is -2.10. The van der Waals surface area contributed by atoms with Gasteiger partial charge in [0.15, 0.2) is 0 Å². The van der Waals surface area contributed by atoms with Gasteiger partial charge in [-0.1, -0.05) is 6.07 Å². The van der Waals surface area contributed by atoms with Crippen molar-refractivity contribution in [3.05, 3.63) is 29.3 Å². The minimum atomic E-state index is -1.06.